The van der Waals surface area contributed by atoms with Gasteiger partial charge < -0.3 is 10.6 Å². The number of aromatic nitrogens is 2. The first kappa shape index (κ1) is 18.5. The molecule has 0 aliphatic carbocycles. The van der Waals surface area contributed by atoms with Crippen LogP contribution in [0.15, 0.2) is 53.8 Å². The SMILES string of the molecule is CCNC(=NCCn1cccn1)NC1CCN(Cc2ccccc2)CC1. The van der Waals surface area contributed by atoms with E-state index in [9.17, 15) is 0 Å². The van der Waals surface area contributed by atoms with Crippen LogP contribution in [0, 0.1) is 0 Å². The molecule has 1 saturated heterocycles. The normalized spacial score (nSPS) is 16.6. The van der Waals surface area contributed by atoms with E-state index in [-0.39, 0.29) is 0 Å². The van der Waals surface area contributed by atoms with Gasteiger partial charge in [0.1, 0.15) is 0 Å². The highest BCUT2D eigenvalue weighted by atomic mass is 15.3. The summed E-state index contributed by atoms with van der Waals surface area (Å²) >= 11 is 0. The Balaban J connectivity index is 1.43. The van der Waals surface area contributed by atoms with E-state index < -0.39 is 0 Å². The van der Waals surface area contributed by atoms with E-state index in [1.807, 2.05) is 16.9 Å². The van der Waals surface area contributed by atoms with Crippen LogP contribution in [0.4, 0.5) is 0 Å². The van der Waals surface area contributed by atoms with Crippen LogP contribution >= 0.6 is 0 Å². The van der Waals surface area contributed by atoms with Crippen LogP contribution in [0.3, 0.4) is 0 Å². The average molecular weight is 355 g/mol. The second kappa shape index (κ2) is 9.97. The van der Waals surface area contributed by atoms with E-state index in [0.717, 1.165) is 58.1 Å². The number of piperidine rings is 1. The molecule has 2 N–H and O–H groups in total. The third kappa shape index (κ3) is 5.88. The summed E-state index contributed by atoms with van der Waals surface area (Å²) in [6, 6.07) is 13.2. The molecule has 3 rings (SSSR count). The molecule has 0 spiro atoms. The van der Waals surface area contributed by atoms with E-state index in [1.165, 1.54) is 5.56 Å². The molecule has 2 aromatic rings. The summed E-state index contributed by atoms with van der Waals surface area (Å²) in [6.07, 6.45) is 6.07. The van der Waals surface area contributed by atoms with Crippen LogP contribution in [-0.4, -0.2) is 52.9 Å². The largest absolute Gasteiger partial charge is 0.357 e. The Kier molecular flexibility index (Phi) is 7.07. The fourth-order valence-corrected chi connectivity index (χ4v) is 3.29. The van der Waals surface area contributed by atoms with Gasteiger partial charge in [-0.25, -0.2) is 0 Å². The average Bonchev–Trinajstić information content (AvgIpc) is 3.18. The van der Waals surface area contributed by atoms with E-state index in [4.69, 9.17) is 0 Å². The highest BCUT2D eigenvalue weighted by Gasteiger charge is 2.19. The van der Waals surface area contributed by atoms with Gasteiger partial charge in [-0.15, -0.1) is 0 Å². The van der Waals surface area contributed by atoms with Crippen molar-refractivity contribution in [1.82, 2.24) is 25.3 Å². The Labute approximate surface area is 156 Å². The highest BCUT2D eigenvalue weighted by molar-refractivity contribution is 5.80. The fraction of sp³-hybridized carbons (Fsp3) is 0.500. The summed E-state index contributed by atoms with van der Waals surface area (Å²) in [5.41, 5.74) is 1.40. The number of rotatable bonds is 7. The summed E-state index contributed by atoms with van der Waals surface area (Å²) in [5, 5.41) is 11.2. The van der Waals surface area contributed by atoms with E-state index in [1.54, 1.807) is 6.20 Å². The van der Waals surface area contributed by atoms with Gasteiger partial charge in [0, 0.05) is 44.6 Å². The van der Waals surface area contributed by atoms with Crippen molar-refractivity contribution in [2.45, 2.75) is 38.9 Å². The number of nitrogens with one attached hydrogen (secondary N) is 2. The Morgan fingerprint density at radius 2 is 2.00 bits per heavy atom. The molecule has 26 heavy (non-hydrogen) atoms. The minimum atomic E-state index is 0.490. The first-order valence-electron chi connectivity index (χ1n) is 9.62. The zero-order valence-corrected chi connectivity index (χ0v) is 15.6. The molecular weight excluding hydrogens is 324 g/mol. The number of aliphatic imine (C=N–C) groups is 1. The molecule has 1 aliphatic heterocycles. The number of hydrogen-bond acceptors (Lipinski definition) is 3. The van der Waals surface area contributed by atoms with Gasteiger partial charge in [0.25, 0.3) is 0 Å². The number of nitrogens with zero attached hydrogens (tertiary/aromatic N) is 4. The van der Waals surface area contributed by atoms with Crippen molar-refractivity contribution in [1.29, 1.82) is 0 Å². The van der Waals surface area contributed by atoms with Crippen LogP contribution in [0.5, 0.6) is 0 Å². The molecule has 0 saturated carbocycles. The number of guanidine groups is 1. The molecule has 6 nitrogen and oxygen atoms in total. The van der Waals surface area contributed by atoms with Gasteiger partial charge >= 0.3 is 0 Å². The van der Waals surface area contributed by atoms with E-state index in [2.05, 4.69) is 62.9 Å². The smallest absolute Gasteiger partial charge is 0.191 e. The summed E-state index contributed by atoms with van der Waals surface area (Å²) in [4.78, 5) is 7.23. The van der Waals surface area contributed by atoms with Crippen LogP contribution in [0.1, 0.15) is 25.3 Å². The minimum Gasteiger partial charge on any atom is -0.357 e. The maximum absolute atomic E-state index is 4.69. The van der Waals surface area contributed by atoms with Crippen LogP contribution in [-0.2, 0) is 13.1 Å². The molecule has 0 unspecified atom stereocenters. The third-order valence-corrected chi connectivity index (χ3v) is 4.68. The molecular formula is C20H30N6. The molecule has 140 valence electrons. The molecule has 1 aromatic carbocycles. The van der Waals surface area contributed by atoms with Gasteiger partial charge in [-0.05, 0) is 31.4 Å². The fourth-order valence-electron chi connectivity index (χ4n) is 3.29. The monoisotopic (exact) mass is 354 g/mol. The van der Waals surface area contributed by atoms with Crippen molar-refractivity contribution >= 4 is 5.96 Å². The standard InChI is InChI=1S/C20H30N6/c1-2-21-20(22-12-16-26-13-6-11-23-26)24-19-9-14-25(15-10-19)17-18-7-4-3-5-8-18/h3-8,11,13,19H,2,9-10,12,14-17H2,1H3,(H2,21,22,24). The molecule has 1 fully saturated rings. The van der Waals surface area contributed by atoms with E-state index >= 15 is 0 Å². The summed E-state index contributed by atoms with van der Waals surface area (Å²) in [6.45, 7) is 7.81. The Bertz CT molecular complexity index is 644. The van der Waals surface area contributed by atoms with Crippen molar-refractivity contribution in [2.24, 2.45) is 4.99 Å². The van der Waals surface area contributed by atoms with Crippen molar-refractivity contribution in [3.63, 3.8) is 0 Å². The highest BCUT2D eigenvalue weighted by Crippen LogP contribution is 2.13. The Morgan fingerprint density at radius 3 is 2.69 bits per heavy atom. The first-order chi connectivity index (χ1) is 12.8. The molecule has 0 radical (unpaired) electrons. The summed E-state index contributed by atoms with van der Waals surface area (Å²) in [7, 11) is 0. The van der Waals surface area contributed by atoms with Gasteiger partial charge in [-0.3, -0.25) is 14.6 Å². The lowest BCUT2D eigenvalue weighted by molar-refractivity contribution is 0.198. The van der Waals surface area contributed by atoms with Crippen molar-refractivity contribution in [2.75, 3.05) is 26.2 Å². The van der Waals surface area contributed by atoms with Crippen LogP contribution in [0.2, 0.25) is 0 Å². The van der Waals surface area contributed by atoms with Crippen LogP contribution in [0.25, 0.3) is 0 Å². The van der Waals surface area contributed by atoms with Crippen LogP contribution < -0.4 is 10.6 Å². The maximum Gasteiger partial charge on any atom is 0.191 e. The lowest BCUT2D eigenvalue weighted by atomic mass is 10.0. The molecule has 2 heterocycles. The number of hydrogen-bond donors (Lipinski definition) is 2. The maximum atomic E-state index is 4.69. The molecule has 0 atom stereocenters. The molecule has 0 amide bonds. The van der Waals surface area contributed by atoms with Crippen molar-refractivity contribution < 1.29 is 0 Å². The Hall–Kier alpha value is -2.34. The van der Waals surface area contributed by atoms with Gasteiger partial charge in [-0.2, -0.15) is 5.10 Å². The molecule has 0 bridgehead atoms. The number of benzene rings is 1. The Morgan fingerprint density at radius 1 is 1.19 bits per heavy atom. The minimum absolute atomic E-state index is 0.490. The number of likely N-dealkylation sites (tertiary alicyclic amines) is 1. The topological polar surface area (TPSA) is 57.5 Å². The molecule has 6 heteroatoms. The molecule has 1 aromatic heterocycles. The van der Waals surface area contributed by atoms with Crippen molar-refractivity contribution in [3.8, 4) is 0 Å². The van der Waals surface area contributed by atoms with Gasteiger partial charge in [0.2, 0.25) is 0 Å². The third-order valence-electron chi connectivity index (χ3n) is 4.68. The zero-order chi connectivity index (χ0) is 18.0. The lowest BCUT2D eigenvalue weighted by Gasteiger charge is -2.33. The van der Waals surface area contributed by atoms with Gasteiger partial charge in [0.05, 0.1) is 13.1 Å². The summed E-state index contributed by atoms with van der Waals surface area (Å²) < 4.78 is 1.91. The second-order valence-corrected chi connectivity index (χ2v) is 6.71. The predicted molar refractivity (Wildman–Crippen MR) is 106 cm³/mol. The van der Waals surface area contributed by atoms with Gasteiger partial charge in [0.15, 0.2) is 5.96 Å². The van der Waals surface area contributed by atoms with Crippen molar-refractivity contribution in [3.05, 3.63) is 54.4 Å². The summed E-state index contributed by atoms with van der Waals surface area (Å²) in [5.74, 6) is 0.918. The lowest BCUT2D eigenvalue weighted by Crippen LogP contribution is -2.48. The second-order valence-electron chi connectivity index (χ2n) is 6.71. The zero-order valence-electron chi connectivity index (χ0n) is 15.6. The first-order valence-corrected chi connectivity index (χ1v) is 9.62. The van der Waals surface area contributed by atoms with Gasteiger partial charge in [-0.1, -0.05) is 30.3 Å². The molecule has 1 aliphatic rings. The van der Waals surface area contributed by atoms with E-state index in [0.29, 0.717) is 6.04 Å². The predicted octanol–water partition coefficient (Wildman–Crippen LogP) is 2.10. The quantitative estimate of drug-likeness (QED) is 0.591.